The average molecular weight is 308 g/mol. The number of ether oxygens (including phenoxy) is 1. The first-order chi connectivity index (χ1) is 9.65. The minimum atomic E-state index is 0.318. The van der Waals surface area contributed by atoms with Gasteiger partial charge in [-0.1, -0.05) is 29.3 Å². The zero-order chi connectivity index (χ0) is 14.1. The molecule has 0 aliphatic rings. The van der Waals surface area contributed by atoms with E-state index in [4.69, 9.17) is 27.9 Å². The van der Waals surface area contributed by atoms with Gasteiger partial charge in [0.15, 0.2) is 5.52 Å². The molecule has 102 valence electrons. The van der Waals surface area contributed by atoms with E-state index in [0.29, 0.717) is 22.5 Å². The summed E-state index contributed by atoms with van der Waals surface area (Å²) in [6.45, 7) is 0.318. The molecule has 0 aliphatic carbocycles. The van der Waals surface area contributed by atoms with Gasteiger partial charge in [0, 0.05) is 28.9 Å². The molecular weight excluding hydrogens is 297 g/mol. The third-order valence-electron chi connectivity index (χ3n) is 2.99. The van der Waals surface area contributed by atoms with E-state index in [1.165, 1.54) is 0 Å². The molecule has 1 aromatic carbocycles. The maximum Gasteiger partial charge on any atom is 0.242 e. The molecule has 6 heteroatoms. The number of fused-ring (bicyclic) bond motifs is 1. The van der Waals surface area contributed by atoms with Crippen LogP contribution in [0.5, 0.6) is 5.88 Å². The smallest absolute Gasteiger partial charge is 0.242 e. The van der Waals surface area contributed by atoms with Crippen molar-refractivity contribution in [3.05, 3.63) is 52.4 Å². The van der Waals surface area contributed by atoms with Crippen molar-refractivity contribution in [2.24, 2.45) is 7.05 Å². The zero-order valence-electron chi connectivity index (χ0n) is 10.7. The first kappa shape index (κ1) is 13.2. The molecule has 0 aliphatic heterocycles. The lowest BCUT2D eigenvalue weighted by Gasteiger charge is -2.07. The molecule has 0 saturated heterocycles. The quantitative estimate of drug-likeness (QED) is 0.738. The lowest BCUT2D eigenvalue weighted by molar-refractivity contribution is 0.297. The Labute approximate surface area is 125 Å². The second-order valence-corrected chi connectivity index (χ2v) is 5.21. The van der Waals surface area contributed by atoms with Gasteiger partial charge in [0.2, 0.25) is 5.88 Å². The molecule has 2 heterocycles. The third kappa shape index (κ3) is 2.44. The molecule has 4 nitrogen and oxygen atoms in total. The number of imidazole rings is 1. The summed E-state index contributed by atoms with van der Waals surface area (Å²) in [6, 6.07) is 7.20. The number of halogens is 2. The predicted molar refractivity (Wildman–Crippen MR) is 79.3 cm³/mol. The van der Waals surface area contributed by atoms with Crippen molar-refractivity contribution in [1.29, 1.82) is 0 Å². The Hall–Kier alpha value is -1.78. The van der Waals surface area contributed by atoms with Crippen LogP contribution in [0.2, 0.25) is 10.0 Å². The molecule has 3 aromatic rings. The number of nitrogens with zero attached hydrogens (tertiary/aromatic N) is 3. The van der Waals surface area contributed by atoms with E-state index < -0.39 is 0 Å². The first-order valence-corrected chi connectivity index (χ1v) is 6.73. The molecule has 0 spiro atoms. The van der Waals surface area contributed by atoms with Crippen LogP contribution in [0.25, 0.3) is 11.0 Å². The molecule has 3 rings (SSSR count). The predicted octanol–water partition coefficient (Wildman–Crippen LogP) is 3.85. The lowest BCUT2D eigenvalue weighted by atomic mass is 10.2. The van der Waals surface area contributed by atoms with Gasteiger partial charge < -0.3 is 9.30 Å². The Morgan fingerprint density at radius 1 is 1.20 bits per heavy atom. The highest BCUT2D eigenvalue weighted by Crippen LogP contribution is 2.25. The summed E-state index contributed by atoms with van der Waals surface area (Å²) < 4.78 is 7.64. The summed E-state index contributed by atoms with van der Waals surface area (Å²) in [5, 5.41) is 1.18. The fourth-order valence-corrected chi connectivity index (χ4v) is 2.39. The summed E-state index contributed by atoms with van der Waals surface area (Å²) in [5.74, 6) is 0.495. The number of pyridine rings is 1. The van der Waals surface area contributed by atoms with Crippen LogP contribution in [0.4, 0.5) is 0 Å². The van der Waals surface area contributed by atoms with Crippen molar-refractivity contribution < 1.29 is 4.74 Å². The second-order valence-electron chi connectivity index (χ2n) is 4.36. The topological polar surface area (TPSA) is 39.9 Å². The van der Waals surface area contributed by atoms with Gasteiger partial charge in [-0.15, -0.1) is 0 Å². The first-order valence-electron chi connectivity index (χ1n) is 5.98. The van der Waals surface area contributed by atoms with Gasteiger partial charge in [0.1, 0.15) is 6.61 Å². The summed E-state index contributed by atoms with van der Waals surface area (Å²) >= 11 is 12.0. The highest BCUT2D eigenvalue weighted by molar-refractivity contribution is 6.35. The molecule has 2 aromatic heterocycles. The summed E-state index contributed by atoms with van der Waals surface area (Å²) in [5.41, 5.74) is 2.56. The van der Waals surface area contributed by atoms with Gasteiger partial charge in [0.25, 0.3) is 0 Å². The Morgan fingerprint density at radius 3 is 2.85 bits per heavy atom. The van der Waals surface area contributed by atoms with Gasteiger partial charge in [-0.2, -0.15) is 0 Å². The Balaban J connectivity index is 1.87. The zero-order valence-corrected chi connectivity index (χ0v) is 12.2. The monoisotopic (exact) mass is 307 g/mol. The third-order valence-corrected chi connectivity index (χ3v) is 3.58. The molecule has 0 amide bonds. The molecule has 0 N–H and O–H groups in total. The fourth-order valence-electron chi connectivity index (χ4n) is 1.93. The van der Waals surface area contributed by atoms with E-state index >= 15 is 0 Å². The maximum atomic E-state index is 6.11. The fraction of sp³-hybridized carbons (Fsp3) is 0.143. The number of aryl methyl sites for hydroxylation is 1. The van der Waals surface area contributed by atoms with E-state index in [1.54, 1.807) is 24.7 Å². The van der Waals surface area contributed by atoms with Crippen LogP contribution in [0.1, 0.15) is 5.56 Å². The van der Waals surface area contributed by atoms with Gasteiger partial charge in [-0.05, 0) is 18.2 Å². The van der Waals surface area contributed by atoms with Crippen molar-refractivity contribution in [2.45, 2.75) is 6.61 Å². The molecular formula is C14H11Cl2N3O. The average Bonchev–Trinajstić information content (AvgIpc) is 2.80. The standard InChI is InChI=1S/C14H11Cl2N3O/c1-19-8-18-13-12(19)4-5-17-14(13)20-7-9-2-3-10(15)6-11(9)16/h2-6,8H,7H2,1H3. The van der Waals surface area contributed by atoms with E-state index in [9.17, 15) is 0 Å². The van der Waals surface area contributed by atoms with Gasteiger partial charge >= 0.3 is 0 Å². The minimum Gasteiger partial charge on any atom is -0.471 e. The molecule has 0 atom stereocenters. The Morgan fingerprint density at radius 2 is 2.05 bits per heavy atom. The number of rotatable bonds is 3. The second kappa shape index (κ2) is 5.31. The van der Waals surface area contributed by atoms with E-state index in [2.05, 4.69) is 9.97 Å². The molecule has 0 unspecified atom stereocenters. The van der Waals surface area contributed by atoms with Gasteiger partial charge in [-0.25, -0.2) is 9.97 Å². The van der Waals surface area contributed by atoms with Crippen molar-refractivity contribution >= 4 is 34.2 Å². The van der Waals surface area contributed by atoms with E-state index in [-0.39, 0.29) is 0 Å². The van der Waals surface area contributed by atoms with Gasteiger partial charge in [-0.3, -0.25) is 0 Å². The van der Waals surface area contributed by atoms with Crippen LogP contribution in [-0.2, 0) is 13.7 Å². The Kier molecular flexibility index (Phi) is 3.51. The molecule has 0 bridgehead atoms. The van der Waals surface area contributed by atoms with E-state index in [1.807, 2.05) is 23.7 Å². The molecule has 0 fully saturated rings. The normalized spacial score (nSPS) is 10.9. The minimum absolute atomic E-state index is 0.318. The highest BCUT2D eigenvalue weighted by atomic mass is 35.5. The van der Waals surface area contributed by atoms with Crippen molar-refractivity contribution in [1.82, 2.24) is 14.5 Å². The highest BCUT2D eigenvalue weighted by Gasteiger charge is 2.09. The SMILES string of the molecule is Cn1cnc2c(OCc3ccc(Cl)cc3Cl)nccc21. The number of benzene rings is 1. The number of hydrogen-bond donors (Lipinski definition) is 0. The van der Waals surface area contributed by atoms with Crippen LogP contribution in [0.3, 0.4) is 0 Å². The Bertz CT molecular complexity index is 770. The summed E-state index contributed by atoms with van der Waals surface area (Å²) in [4.78, 5) is 8.50. The van der Waals surface area contributed by atoms with Crippen LogP contribution in [0, 0.1) is 0 Å². The van der Waals surface area contributed by atoms with Crippen molar-refractivity contribution in [3.8, 4) is 5.88 Å². The van der Waals surface area contributed by atoms with Crippen LogP contribution < -0.4 is 4.74 Å². The summed E-state index contributed by atoms with van der Waals surface area (Å²) in [6.07, 6.45) is 3.43. The number of hydrogen-bond acceptors (Lipinski definition) is 3. The van der Waals surface area contributed by atoms with Crippen LogP contribution >= 0.6 is 23.2 Å². The largest absolute Gasteiger partial charge is 0.471 e. The van der Waals surface area contributed by atoms with Crippen molar-refractivity contribution in [2.75, 3.05) is 0 Å². The van der Waals surface area contributed by atoms with Crippen LogP contribution in [0.15, 0.2) is 36.8 Å². The number of aromatic nitrogens is 3. The van der Waals surface area contributed by atoms with E-state index in [0.717, 1.165) is 16.6 Å². The summed E-state index contributed by atoms with van der Waals surface area (Å²) in [7, 11) is 1.93. The lowest BCUT2D eigenvalue weighted by Crippen LogP contribution is -1.99. The molecule has 20 heavy (non-hydrogen) atoms. The maximum absolute atomic E-state index is 6.11. The molecule has 0 saturated carbocycles. The van der Waals surface area contributed by atoms with Crippen molar-refractivity contribution in [3.63, 3.8) is 0 Å². The molecule has 0 radical (unpaired) electrons. The van der Waals surface area contributed by atoms with Crippen LogP contribution in [-0.4, -0.2) is 14.5 Å². The van der Waals surface area contributed by atoms with Gasteiger partial charge in [0.05, 0.1) is 11.8 Å².